The molecular weight excluding hydrogens is 272 g/mol. The third-order valence-corrected chi connectivity index (χ3v) is 4.06. The van der Waals surface area contributed by atoms with Crippen LogP contribution in [0.5, 0.6) is 0 Å². The largest absolute Gasteiger partial charge is 0.259 e. The Bertz CT molecular complexity index is 849. The van der Waals surface area contributed by atoms with Crippen LogP contribution in [-0.4, -0.2) is 15.9 Å². The second-order valence-corrected chi connectivity index (χ2v) is 5.46. The smallest absolute Gasteiger partial charge is 0.176 e. The molecule has 0 atom stereocenters. The summed E-state index contributed by atoms with van der Waals surface area (Å²) >= 11 is 0. The fraction of sp³-hybridized carbons (Fsp3) is 0.167. The molecule has 0 unspecified atom stereocenters. The van der Waals surface area contributed by atoms with Crippen LogP contribution in [0.3, 0.4) is 0 Å². The number of nitrogens with one attached hydrogen (secondary N) is 1. The Morgan fingerprint density at radius 3 is 2.82 bits per heavy atom. The van der Waals surface area contributed by atoms with Gasteiger partial charge in [-0.1, -0.05) is 48.5 Å². The number of fused-ring (bicyclic) bond motifs is 2. The van der Waals surface area contributed by atoms with E-state index in [4.69, 9.17) is 0 Å². The first-order chi connectivity index (χ1) is 10.9. The predicted molar refractivity (Wildman–Crippen MR) is 89.1 cm³/mol. The van der Waals surface area contributed by atoms with Crippen molar-refractivity contribution in [2.45, 2.75) is 19.3 Å². The maximum atomic E-state index is 4.61. The highest BCUT2D eigenvalue weighted by Crippen LogP contribution is 2.23. The molecule has 4 nitrogen and oxygen atoms in total. The van der Waals surface area contributed by atoms with Gasteiger partial charge < -0.3 is 0 Å². The minimum Gasteiger partial charge on any atom is -0.259 e. The molecule has 0 saturated carbocycles. The van der Waals surface area contributed by atoms with Crippen molar-refractivity contribution in [3.8, 4) is 0 Å². The van der Waals surface area contributed by atoms with Crippen molar-refractivity contribution < 1.29 is 0 Å². The third-order valence-electron chi connectivity index (χ3n) is 4.06. The van der Waals surface area contributed by atoms with Gasteiger partial charge in [-0.3, -0.25) is 5.43 Å². The molecule has 3 aromatic rings. The van der Waals surface area contributed by atoms with E-state index >= 15 is 0 Å². The Labute approximate surface area is 128 Å². The Hall–Kier alpha value is -2.75. The van der Waals surface area contributed by atoms with Gasteiger partial charge >= 0.3 is 0 Å². The number of anilines is 1. The SMILES string of the molecule is c1ccc2c(c1)CCC/C2=N\Nc1nncc2ccccc12. The van der Waals surface area contributed by atoms with Gasteiger partial charge in [-0.25, -0.2) is 0 Å². The summed E-state index contributed by atoms with van der Waals surface area (Å²) in [5.74, 6) is 0.702. The third kappa shape index (κ3) is 2.33. The van der Waals surface area contributed by atoms with Crippen molar-refractivity contribution in [3.63, 3.8) is 0 Å². The zero-order chi connectivity index (χ0) is 14.8. The predicted octanol–water partition coefficient (Wildman–Crippen LogP) is 3.78. The van der Waals surface area contributed by atoms with E-state index in [1.54, 1.807) is 6.20 Å². The van der Waals surface area contributed by atoms with E-state index in [-0.39, 0.29) is 0 Å². The number of aryl methyl sites for hydroxylation is 1. The minimum atomic E-state index is 0.702. The summed E-state index contributed by atoms with van der Waals surface area (Å²) in [5, 5.41) is 14.9. The van der Waals surface area contributed by atoms with Gasteiger partial charge in [-0.15, -0.1) is 5.10 Å². The van der Waals surface area contributed by atoms with Crippen LogP contribution < -0.4 is 5.43 Å². The van der Waals surface area contributed by atoms with Gasteiger partial charge in [0.1, 0.15) is 0 Å². The number of rotatable bonds is 2. The summed E-state index contributed by atoms with van der Waals surface area (Å²) in [6.07, 6.45) is 5.02. The van der Waals surface area contributed by atoms with Crippen molar-refractivity contribution in [2.75, 3.05) is 5.43 Å². The summed E-state index contributed by atoms with van der Waals surface area (Å²) in [6.45, 7) is 0. The highest BCUT2D eigenvalue weighted by Gasteiger charge is 2.14. The summed E-state index contributed by atoms with van der Waals surface area (Å²) < 4.78 is 0. The van der Waals surface area contributed by atoms with Crippen LogP contribution >= 0.6 is 0 Å². The second kappa shape index (κ2) is 5.56. The minimum absolute atomic E-state index is 0.702. The Kier molecular flexibility index (Phi) is 3.27. The molecule has 0 saturated heterocycles. The first-order valence-corrected chi connectivity index (χ1v) is 7.53. The average Bonchev–Trinajstić information content (AvgIpc) is 2.60. The fourth-order valence-corrected chi connectivity index (χ4v) is 2.95. The molecule has 2 aromatic carbocycles. The zero-order valence-electron chi connectivity index (χ0n) is 12.2. The van der Waals surface area contributed by atoms with E-state index in [0.29, 0.717) is 5.82 Å². The molecule has 1 aliphatic carbocycles. The van der Waals surface area contributed by atoms with E-state index in [0.717, 1.165) is 35.7 Å². The Morgan fingerprint density at radius 1 is 0.955 bits per heavy atom. The lowest BCUT2D eigenvalue weighted by Gasteiger charge is -2.17. The van der Waals surface area contributed by atoms with Crippen molar-refractivity contribution in [3.05, 3.63) is 65.9 Å². The molecule has 1 heterocycles. The topological polar surface area (TPSA) is 50.2 Å². The van der Waals surface area contributed by atoms with E-state index in [1.165, 1.54) is 11.1 Å². The normalized spacial score (nSPS) is 15.7. The number of nitrogens with zero attached hydrogens (tertiary/aromatic N) is 3. The zero-order valence-corrected chi connectivity index (χ0v) is 12.2. The van der Waals surface area contributed by atoms with Gasteiger partial charge in [-0.2, -0.15) is 10.2 Å². The quantitative estimate of drug-likeness (QED) is 0.730. The number of benzene rings is 2. The first-order valence-electron chi connectivity index (χ1n) is 7.53. The van der Waals surface area contributed by atoms with Gasteiger partial charge in [0.2, 0.25) is 0 Å². The second-order valence-electron chi connectivity index (χ2n) is 5.46. The van der Waals surface area contributed by atoms with Crippen LogP contribution in [0.25, 0.3) is 10.8 Å². The lowest BCUT2D eigenvalue weighted by molar-refractivity contribution is 0.836. The van der Waals surface area contributed by atoms with E-state index < -0.39 is 0 Å². The van der Waals surface area contributed by atoms with Gasteiger partial charge in [0.05, 0.1) is 11.9 Å². The highest BCUT2D eigenvalue weighted by atomic mass is 15.3. The number of hydrogen-bond donors (Lipinski definition) is 1. The Morgan fingerprint density at radius 2 is 1.82 bits per heavy atom. The van der Waals surface area contributed by atoms with Gasteiger partial charge in [0.15, 0.2) is 5.82 Å². The van der Waals surface area contributed by atoms with Crippen LogP contribution in [0, 0.1) is 0 Å². The molecule has 1 aliphatic rings. The molecular formula is C18H16N4. The molecule has 4 rings (SSSR count). The maximum Gasteiger partial charge on any atom is 0.176 e. The van der Waals surface area contributed by atoms with E-state index in [9.17, 15) is 0 Å². The summed E-state index contributed by atoms with van der Waals surface area (Å²) in [4.78, 5) is 0. The molecule has 0 aliphatic heterocycles. The molecule has 0 bridgehead atoms. The highest BCUT2D eigenvalue weighted by molar-refractivity contribution is 6.03. The first kappa shape index (κ1) is 13.0. The number of hydrogen-bond acceptors (Lipinski definition) is 4. The van der Waals surface area contributed by atoms with Crippen molar-refractivity contribution in [1.82, 2.24) is 10.2 Å². The van der Waals surface area contributed by atoms with Crippen LogP contribution in [0.4, 0.5) is 5.82 Å². The van der Waals surface area contributed by atoms with Crippen molar-refractivity contribution in [2.24, 2.45) is 5.10 Å². The molecule has 0 fully saturated rings. The van der Waals surface area contributed by atoms with Gasteiger partial charge in [0, 0.05) is 16.3 Å². The van der Waals surface area contributed by atoms with Crippen molar-refractivity contribution >= 4 is 22.3 Å². The van der Waals surface area contributed by atoms with Crippen LogP contribution in [0.15, 0.2) is 59.8 Å². The molecule has 4 heteroatoms. The number of aromatic nitrogens is 2. The molecule has 0 spiro atoms. The fourth-order valence-electron chi connectivity index (χ4n) is 2.95. The van der Waals surface area contributed by atoms with Crippen molar-refractivity contribution in [1.29, 1.82) is 0 Å². The molecule has 0 amide bonds. The van der Waals surface area contributed by atoms with Gasteiger partial charge in [0.25, 0.3) is 0 Å². The van der Waals surface area contributed by atoms with Crippen LogP contribution in [-0.2, 0) is 6.42 Å². The van der Waals surface area contributed by atoms with E-state index in [1.807, 2.05) is 24.3 Å². The van der Waals surface area contributed by atoms with Crippen LogP contribution in [0.1, 0.15) is 24.0 Å². The van der Waals surface area contributed by atoms with Crippen LogP contribution in [0.2, 0.25) is 0 Å². The summed E-state index contributed by atoms with van der Waals surface area (Å²) in [5.41, 5.74) is 6.82. The summed E-state index contributed by atoms with van der Waals surface area (Å²) in [6, 6.07) is 16.5. The maximum absolute atomic E-state index is 4.61. The molecule has 1 N–H and O–H groups in total. The average molecular weight is 288 g/mol. The lowest BCUT2D eigenvalue weighted by atomic mass is 9.90. The molecule has 108 valence electrons. The lowest BCUT2D eigenvalue weighted by Crippen LogP contribution is -2.13. The monoisotopic (exact) mass is 288 g/mol. The summed E-state index contributed by atoms with van der Waals surface area (Å²) in [7, 11) is 0. The number of hydrazone groups is 1. The van der Waals surface area contributed by atoms with E-state index in [2.05, 4.69) is 45.0 Å². The van der Waals surface area contributed by atoms with Gasteiger partial charge in [-0.05, 0) is 24.8 Å². The molecule has 22 heavy (non-hydrogen) atoms. The Balaban J connectivity index is 1.70. The standard InChI is InChI=1S/C18H16N4/c1-3-9-15-13(6-1)8-5-11-17(15)20-22-18-16-10-4-2-7-14(16)12-19-21-18/h1-4,6-7,9-10,12H,5,8,11H2,(H,21,22)/b20-17+. The molecule has 0 radical (unpaired) electrons. The molecule has 1 aromatic heterocycles.